The van der Waals surface area contributed by atoms with E-state index in [4.69, 9.17) is 4.74 Å². The molecule has 29 heavy (non-hydrogen) atoms. The summed E-state index contributed by atoms with van der Waals surface area (Å²) in [5, 5.41) is 6.93. The van der Waals surface area contributed by atoms with E-state index in [9.17, 15) is 14.4 Å². The van der Waals surface area contributed by atoms with E-state index in [1.165, 1.54) is 25.5 Å². The lowest BCUT2D eigenvalue weighted by molar-refractivity contribution is 0.101. The van der Waals surface area contributed by atoms with Gasteiger partial charge in [-0.2, -0.15) is 9.78 Å². The van der Waals surface area contributed by atoms with Gasteiger partial charge in [0, 0.05) is 7.05 Å². The molecule has 4 aromatic rings. The molecule has 0 aliphatic carbocycles. The van der Waals surface area contributed by atoms with Crippen molar-refractivity contribution in [3.63, 3.8) is 0 Å². The topological polar surface area (TPSA) is 108 Å². The van der Waals surface area contributed by atoms with Crippen molar-refractivity contribution in [2.75, 3.05) is 12.4 Å². The third-order valence-electron chi connectivity index (χ3n) is 4.22. The molecular weight excluding hydrogens is 394 g/mol. The Balaban J connectivity index is 1.74. The first kappa shape index (κ1) is 18.6. The van der Waals surface area contributed by atoms with Crippen LogP contribution in [-0.2, 0) is 7.05 Å². The molecule has 4 rings (SSSR count). The molecule has 0 radical (unpaired) electrons. The average molecular weight is 409 g/mol. The highest BCUT2D eigenvalue weighted by Gasteiger charge is 2.20. The number of anilines is 1. The highest BCUT2D eigenvalue weighted by Crippen LogP contribution is 2.25. The summed E-state index contributed by atoms with van der Waals surface area (Å²) in [5.41, 5.74) is -0.755. The van der Waals surface area contributed by atoms with E-state index in [0.29, 0.717) is 16.6 Å². The number of thiazole rings is 1. The van der Waals surface area contributed by atoms with Gasteiger partial charge in [-0.15, -0.1) is 0 Å². The quantitative estimate of drug-likeness (QED) is 0.551. The molecule has 0 fully saturated rings. The number of hydrogen-bond acceptors (Lipinski definition) is 7. The van der Waals surface area contributed by atoms with Gasteiger partial charge in [-0.3, -0.25) is 19.5 Å². The molecule has 2 heterocycles. The Morgan fingerprint density at radius 3 is 2.52 bits per heavy atom. The lowest BCUT2D eigenvalue weighted by Gasteiger charge is -2.09. The van der Waals surface area contributed by atoms with Crippen LogP contribution in [0.4, 0.5) is 5.13 Å². The van der Waals surface area contributed by atoms with Gasteiger partial charge < -0.3 is 4.74 Å². The number of nitrogens with zero attached hydrogens (tertiary/aromatic N) is 4. The zero-order valence-corrected chi connectivity index (χ0v) is 16.3. The first-order chi connectivity index (χ1) is 14.0. The van der Waals surface area contributed by atoms with Crippen molar-refractivity contribution >= 4 is 32.6 Å². The van der Waals surface area contributed by atoms with E-state index in [-0.39, 0.29) is 0 Å². The standard InChI is InChI=1S/C19H15N5O4S/c1-23-17(26)15(16(25)21-18-20-13-5-3-4-6-14(13)29-18)22-24(19(23)27)11-7-9-12(28-2)10-8-11/h3-10H,1-2H3,(H,20,21,25). The molecule has 0 aliphatic heterocycles. The molecule has 2 aromatic heterocycles. The van der Waals surface area contributed by atoms with Crippen LogP contribution in [0.3, 0.4) is 0 Å². The summed E-state index contributed by atoms with van der Waals surface area (Å²) >= 11 is 1.28. The van der Waals surface area contributed by atoms with Crippen molar-refractivity contribution in [3.8, 4) is 11.4 Å². The number of para-hydroxylation sites is 1. The fourth-order valence-electron chi connectivity index (χ4n) is 2.69. The Bertz CT molecular complexity index is 1300. The molecule has 146 valence electrons. The number of hydrogen-bond donors (Lipinski definition) is 1. The van der Waals surface area contributed by atoms with Crippen LogP contribution in [0.2, 0.25) is 0 Å². The highest BCUT2D eigenvalue weighted by molar-refractivity contribution is 7.22. The minimum atomic E-state index is -0.793. The smallest absolute Gasteiger partial charge is 0.351 e. The van der Waals surface area contributed by atoms with Gasteiger partial charge >= 0.3 is 5.69 Å². The number of carbonyl (C=O) groups is 1. The predicted octanol–water partition coefficient (Wildman–Crippen LogP) is 1.80. The summed E-state index contributed by atoms with van der Waals surface area (Å²) in [6.07, 6.45) is 0. The maximum atomic E-state index is 12.7. The molecule has 1 N–H and O–H groups in total. The number of rotatable bonds is 4. The zero-order valence-electron chi connectivity index (χ0n) is 15.4. The third kappa shape index (κ3) is 3.41. The molecule has 0 aliphatic rings. The van der Waals surface area contributed by atoms with E-state index < -0.39 is 22.9 Å². The molecule has 0 unspecified atom stereocenters. The fourth-order valence-corrected chi connectivity index (χ4v) is 3.55. The van der Waals surface area contributed by atoms with E-state index in [2.05, 4.69) is 15.4 Å². The van der Waals surface area contributed by atoms with E-state index in [1.807, 2.05) is 24.3 Å². The van der Waals surface area contributed by atoms with Crippen LogP contribution in [0.25, 0.3) is 15.9 Å². The lowest BCUT2D eigenvalue weighted by Crippen LogP contribution is -2.43. The van der Waals surface area contributed by atoms with Crippen LogP contribution in [0.15, 0.2) is 58.1 Å². The summed E-state index contributed by atoms with van der Waals surface area (Å²) < 4.78 is 7.83. The Hall–Kier alpha value is -3.79. The number of ether oxygens (including phenoxy) is 1. The minimum absolute atomic E-state index is 0.335. The second kappa shape index (κ2) is 7.32. The van der Waals surface area contributed by atoms with E-state index in [1.54, 1.807) is 24.3 Å². The van der Waals surface area contributed by atoms with Gasteiger partial charge in [-0.1, -0.05) is 23.5 Å². The maximum Gasteiger partial charge on any atom is 0.351 e. The van der Waals surface area contributed by atoms with Gasteiger partial charge in [0.1, 0.15) is 5.75 Å². The first-order valence-electron chi connectivity index (χ1n) is 8.49. The first-order valence-corrected chi connectivity index (χ1v) is 9.31. The van der Waals surface area contributed by atoms with Crippen LogP contribution in [0.1, 0.15) is 10.5 Å². The van der Waals surface area contributed by atoms with Gasteiger partial charge in [-0.25, -0.2) is 9.78 Å². The van der Waals surface area contributed by atoms with Gasteiger partial charge in [-0.05, 0) is 36.4 Å². The van der Waals surface area contributed by atoms with Crippen molar-refractivity contribution < 1.29 is 9.53 Å². The van der Waals surface area contributed by atoms with Crippen LogP contribution in [-0.4, -0.2) is 32.3 Å². The molecule has 10 heteroatoms. The van der Waals surface area contributed by atoms with Gasteiger partial charge in [0.15, 0.2) is 5.13 Å². The molecule has 2 aromatic carbocycles. The molecule has 0 spiro atoms. The molecular formula is C19H15N5O4S. The van der Waals surface area contributed by atoms with Crippen LogP contribution in [0.5, 0.6) is 5.75 Å². The summed E-state index contributed by atoms with van der Waals surface area (Å²) in [5.74, 6) is -0.146. The predicted molar refractivity (Wildman–Crippen MR) is 109 cm³/mol. The molecule has 0 bridgehead atoms. The summed E-state index contributed by atoms with van der Waals surface area (Å²) in [4.78, 5) is 42.0. The Labute approximate surface area is 167 Å². The summed E-state index contributed by atoms with van der Waals surface area (Å²) in [6.45, 7) is 0. The molecule has 0 saturated heterocycles. The molecule has 9 nitrogen and oxygen atoms in total. The van der Waals surface area contributed by atoms with Crippen molar-refractivity contribution in [3.05, 3.63) is 75.1 Å². The third-order valence-corrected chi connectivity index (χ3v) is 5.17. The van der Waals surface area contributed by atoms with Crippen LogP contribution < -0.4 is 21.3 Å². The zero-order chi connectivity index (χ0) is 20.5. The lowest BCUT2D eigenvalue weighted by atomic mass is 10.3. The Morgan fingerprint density at radius 1 is 1.10 bits per heavy atom. The second-order valence-electron chi connectivity index (χ2n) is 6.05. The fraction of sp³-hybridized carbons (Fsp3) is 0.105. The van der Waals surface area contributed by atoms with E-state index in [0.717, 1.165) is 19.5 Å². The highest BCUT2D eigenvalue weighted by atomic mass is 32.1. The van der Waals surface area contributed by atoms with Crippen LogP contribution >= 0.6 is 11.3 Å². The molecule has 0 saturated carbocycles. The summed E-state index contributed by atoms with van der Waals surface area (Å²) in [6, 6.07) is 13.9. The number of aromatic nitrogens is 4. The van der Waals surface area contributed by atoms with Crippen LogP contribution in [0, 0.1) is 0 Å². The van der Waals surface area contributed by atoms with Crippen molar-refractivity contribution in [2.24, 2.45) is 7.05 Å². The van der Waals surface area contributed by atoms with Gasteiger partial charge in [0.25, 0.3) is 11.5 Å². The molecule has 0 atom stereocenters. The Morgan fingerprint density at radius 2 is 1.83 bits per heavy atom. The van der Waals surface area contributed by atoms with Crippen molar-refractivity contribution in [1.29, 1.82) is 0 Å². The number of fused-ring (bicyclic) bond motifs is 1. The average Bonchev–Trinajstić information content (AvgIpc) is 3.14. The largest absolute Gasteiger partial charge is 0.497 e. The second-order valence-corrected chi connectivity index (χ2v) is 7.08. The minimum Gasteiger partial charge on any atom is -0.497 e. The summed E-state index contributed by atoms with van der Waals surface area (Å²) in [7, 11) is 2.82. The monoisotopic (exact) mass is 409 g/mol. The number of nitrogens with one attached hydrogen (secondary N) is 1. The van der Waals surface area contributed by atoms with Gasteiger partial charge in [0.05, 0.1) is 23.0 Å². The normalized spacial score (nSPS) is 10.8. The number of amides is 1. The SMILES string of the molecule is COc1ccc(-n2nc(C(=O)Nc3nc4ccccc4s3)c(=O)n(C)c2=O)cc1. The number of carbonyl (C=O) groups excluding carboxylic acids is 1. The molecule has 1 amide bonds. The number of benzene rings is 2. The van der Waals surface area contributed by atoms with Crippen molar-refractivity contribution in [2.45, 2.75) is 0 Å². The van der Waals surface area contributed by atoms with Crippen molar-refractivity contribution in [1.82, 2.24) is 19.3 Å². The van der Waals surface area contributed by atoms with E-state index >= 15 is 0 Å². The maximum absolute atomic E-state index is 12.7. The number of methoxy groups -OCH3 is 1. The Kier molecular flexibility index (Phi) is 4.69. The van der Waals surface area contributed by atoms with Gasteiger partial charge in [0.2, 0.25) is 5.69 Å².